The number of aromatic nitrogens is 3. The molecule has 1 N–H and O–H groups in total. The summed E-state index contributed by atoms with van der Waals surface area (Å²) in [7, 11) is 0. The predicted molar refractivity (Wildman–Crippen MR) is 112 cm³/mol. The highest BCUT2D eigenvalue weighted by atomic mass is 32.1. The molecule has 3 heterocycles. The van der Waals surface area contributed by atoms with Crippen molar-refractivity contribution in [1.29, 1.82) is 0 Å². The van der Waals surface area contributed by atoms with Crippen molar-refractivity contribution in [2.45, 2.75) is 32.7 Å². The number of amides is 1. The molecule has 2 aromatic heterocycles. The summed E-state index contributed by atoms with van der Waals surface area (Å²) in [5.74, 6) is 0.321. The highest BCUT2D eigenvalue weighted by Crippen LogP contribution is 2.24. The topological polar surface area (TPSA) is 88.8 Å². The molecule has 0 atom stereocenters. The van der Waals surface area contributed by atoms with Gasteiger partial charge in [0.1, 0.15) is 11.3 Å². The van der Waals surface area contributed by atoms with Crippen LogP contribution in [0, 0.1) is 0 Å². The second-order valence-electron chi connectivity index (χ2n) is 6.86. The minimum atomic E-state index is -0.460. The van der Waals surface area contributed by atoms with Gasteiger partial charge in [-0.1, -0.05) is 23.5 Å². The van der Waals surface area contributed by atoms with Gasteiger partial charge in [-0.2, -0.15) is 4.52 Å². The standard InChI is InChI=1S/C20H23N5O3S/c1-2-28-15-8-6-14(7-9-15)12-21-17(26)16-13-22-19-25(18(16)27)23-20(29-19)24-10-4-3-5-11-24/h6-9,13H,2-5,10-12H2,1H3,(H,21,26). The number of carbonyl (C=O) groups excluding carboxylic acids is 1. The van der Waals surface area contributed by atoms with Crippen LogP contribution in [0.3, 0.4) is 0 Å². The van der Waals surface area contributed by atoms with Gasteiger partial charge in [-0.05, 0) is 43.9 Å². The molecule has 4 rings (SSSR count). The zero-order valence-corrected chi connectivity index (χ0v) is 17.1. The van der Waals surface area contributed by atoms with Crippen molar-refractivity contribution in [2.75, 3.05) is 24.6 Å². The summed E-state index contributed by atoms with van der Waals surface area (Å²) in [5, 5.41) is 7.97. The third-order valence-electron chi connectivity index (χ3n) is 4.83. The molecule has 1 aliphatic heterocycles. The van der Waals surface area contributed by atoms with Gasteiger partial charge in [0.05, 0.1) is 6.61 Å². The van der Waals surface area contributed by atoms with Crippen LogP contribution in [0.5, 0.6) is 5.75 Å². The first-order valence-electron chi connectivity index (χ1n) is 9.79. The molecule has 0 saturated carbocycles. The van der Waals surface area contributed by atoms with Crippen LogP contribution in [-0.2, 0) is 6.54 Å². The molecule has 1 aliphatic rings. The van der Waals surface area contributed by atoms with E-state index in [1.807, 2.05) is 31.2 Å². The number of nitrogens with one attached hydrogen (secondary N) is 1. The van der Waals surface area contributed by atoms with Crippen molar-refractivity contribution in [1.82, 2.24) is 19.9 Å². The maximum absolute atomic E-state index is 12.8. The van der Waals surface area contributed by atoms with E-state index in [1.165, 1.54) is 28.5 Å². The summed E-state index contributed by atoms with van der Waals surface area (Å²) < 4.78 is 6.65. The number of piperidine rings is 1. The summed E-state index contributed by atoms with van der Waals surface area (Å²) in [6.07, 6.45) is 4.80. The van der Waals surface area contributed by atoms with Crippen molar-refractivity contribution < 1.29 is 9.53 Å². The van der Waals surface area contributed by atoms with Crippen molar-refractivity contribution >= 4 is 27.3 Å². The quantitative estimate of drug-likeness (QED) is 0.668. The van der Waals surface area contributed by atoms with Gasteiger partial charge in [-0.25, -0.2) is 4.98 Å². The van der Waals surface area contributed by atoms with Crippen molar-refractivity contribution in [3.8, 4) is 5.75 Å². The van der Waals surface area contributed by atoms with E-state index < -0.39 is 11.5 Å². The Bertz CT molecular complexity index is 1050. The normalized spacial score (nSPS) is 14.2. The number of nitrogens with zero attached hydrogens (tertiary/aromatic N) is 4. The van der Waals surface area contributed by atoms with Crippen LogP contribution in [0.2, 0.25) is 0 Å². The molecule has 152 valence electrons. The zero-order chi connectivity index (χ0) is 20.2. The van der Waals surface area contributed by atoms with E-state index in [1.54, 1.807) is 0 Å². The molecule has 1 aromatic carbocycles. The van der Waals surface area contributed by atoms with Gasteiger partial charge >= 0.3 is 0 Å². The van der Waals surface area contributed by atoms with E-state index in [2.05, 4.69) is 20.3 Å². The zero-order valence-electron chi connectivity index (χ0n) is 16.3. The van der Waals surface area contributed by atoms with Crippen LogP contribution in [0.1, 0.15) is 42.1 Å². The minimum absolute atomic E-state index is 0.0102. The van der Waals surface area contributed by atoms with Crippen LogP contribution >= 0.6 is 11.3 Å². The first-order chi connectivity index (χ1) is 14.2. The number of ether oxygens (including phenoxy) is 1. The molecule has 1 fully saturated rings. The monoisotopic (exact) mass is 413 g/mol. The summed E-state index contributed by atoms with van der Waals surface area (Å²) in [6.45, 7) is 4.71. The van der Waals surface area contributed by atoms with E-state index in [9.17, 15) is 9.59 Å². The number of benzene rings is 1. The average molecular weight is 414 g/mol. The Morgan fingerprint density at radius 3 is 2.69 bits per heavy atom. The Labute approximate surface area is 172 Å². The van der Waals surface area contributed by atoms with E-state index in [0.717, 1.165) is 42.4 Å². The third kappa shape index (κ3) is 4.24. The smallest absolute Gasteiger partial charge is 0.288 e. The van der Waals surface area contributed by atoms with E-state index in [-0.39, 0.29) is 5.56 Å². The second-order valence-corrected chi connectivity index (χ2v) is 7.80. The number of hydrogen-bond donors (Lipinski definition) is 1. The lowest BCUT2D eigenvalue weighted by atomic mass is 10.1. The predicted octanol–water partition coefficient (Wildman–Crippen LogP) is 2.47. The molecular formula is C20H23N5O3S. The molecule has 0 bridgehead atoms. The molecule has 29 heavy (non-hydrogen) atoms. The van der Waals surface area contributed by atoms with E-state index >= 15 is 0 Å². The maximum atomic E-state index is 12.8. The summed E-state index contributed by atoms with van der Waals surface area (Å²) in [5.41, 5.74) is 0.458. The number of carbonyl (C=O) groups is 1. The third-order valence-corrected chi connectivity index (χ3v) is 5.82. The fourth-order valence-corrected chi connectivity index (χ4v) is 4.21. The van der Waals surface area contributed by atoms with Crippen molar-refractivity contribution in [3.05, 3.63) is 51.9 Å². The highest BCUT2D eigenvalue weighted by Gasteiger charge is 2.19. The lowest BCUT2D eigenvalue weighted by Crippen LogP contribution is -2.32. The molecule has 0 radical (unpaired) electrons. The largest absolute Gasteiger partial charge is 0.494 e. The SMILES string of the molecule is CCOc1ccc(CNC(=O)c2cnc3sc(N4CCCCC4)nn3c2=O)cc1. The average Bonchev–Trinajstić information content (AvgIpc) is 3.20. The van der Waals surface area contributed by atoms with Crippen LogP contribution in [0.15, 0.2) is 35.3 Å². The van der Waals surface area contributed by atoms with Crippen LogP contribution in [0.25, 0.3) is 4.96 Å². The van der Waals surface area contributed by atoms with Crippen molar-refractivity contribution in [3.63, 3.8) is 0 Å². The molecule has 0 aliphatic carbocycles. The molecule has 3 aromatic rings. The number of fused-ring (bicyclic) bond motifs is 1. The van der Waals surface area contributed by atoms with Gasteiger partial charge in [0.2, 0.25) is 10.1 Å². The number of rotatable bonds is 6. The minimum Gasteiger partial charge on any atom is -0.494 e. The van der Waals surface area contributed by atoms with Crippen LogP contribution in [-0.4, -0.2) is 40.2 Å². The molecule has 1 saturated heterocycles. The fraction of sp³-hybridized carbons (Fsp3) is 0.400. The number of anilines is 1. The van der Waals surface area contributed by atoms with Crippen LogP contribution in [0.4, 0.5) is 5.13 Å². The lowest BCUT2D eigenvalue weighted by molar-refractivity contribution is 0.0948. The molecule has 0 spiro atoms. The number of hydrogen-bond acceptors (Lipinski definition) is 7. The summed E-state index contributed by atoms with van der Waals surface area (Å²) in [4.78, 5) is 32.3. The van der Waals surface area contributed by atoms with Gasteiger partial charge in [-0.15, -0.1) is 5.10 Å². The fourth-order valence-electron chi connectivity index (χ4n) is 3.29. The van der Waals surface area contributed by atoms with Gasteiger partial charge in [0, 0.05) is 25.8 Å². The summed E-state index contributed by atoms with van der Waals surface area (Å²) >= 11 is 1.38. The van der Waals surface area contributed by atoms with Crippen LogP contribution < -0.4 is 20.5 Å². The Hall–Kier alpha value is -2.94. The van der Waals surface area contributed by atoms with Gasteiger partial charge in [0.25, 0.3) is 11.5 Å². The Kier molecular flexibility index (Phi) is 5.75. The molecule has 1 amide bonds. The van der Waals surface area contributed by atoms with Gasteiger partial charge in [-0.3, -0.25) is 9.59 Å². The Balaban J connectivity index is 1.48. The van der Waals surface area contributed by atoms with E-state index in [0.29, 0.717) is 18.1 Å². The maximum Gasteiger partial charge on any atom is 0.288 e. The molecule has 8 nitrogen and oxygen atoms in total. The van der Waals surface area contributed by atoms with E-state index in [4.69, 9.17) is 4.74 Å². The molecule has 9 heteroatoms. The Morgan fingerprint density at radius 1 is 1.21 bits per heavy atom. The molecule has 0 unspecified atom stereocenters. The lowest BCUT2D eigenvalue weighted by Gasteiger charge is -2.25. The summed E-state index contributed by atoms with van der Waals surface area (Å²) in [6, 6.07) is 7.46. The Morgan fingerprint density at radius 2 is 1.97 bits per heavy atom. The first kappa shape index (κ1) is 19.4. The van der Waals surface area contributed by atoms with Crippen molar-refractivity contribution in [2.24, 2.45) is 0 Å². The second kappa shape index (κ2) is 8.60. The van der Waals surface area contributed by atoms with Gasteiger partial charge in [0.15, 0.2) is 0 Å². The highest BCUT2D eigenvalue weighted by molar-refractivity contribution is 7.20. The first-order valence-corrected chi connectivity index (χ1v) is 10.6. The van der Waals surface area contributed by atoms with Gasteiger partial charge < -0.3 is 15.0 Å². The molecular weight excluding hydrogens is 390 g/mol.